The van der Waals surface area contributed by atoms with Crippen LogP contribution in [0.25, 0.3) is 11.3 Å². The summed E-state index contributed by atoms with van der Waals surface area (Å²) in [4.78, 5) is 0. The minimum Gasteiger partial charge on any atom is -0.310 e. The van der Waals surface area contributed by atoms with E-state index in [0.29, 0.717) is 23.8 Å². The average Bonchev–Trinajstić information content (AvgIpc) is 3.13. The van der Waals surface area contributed by atoms with E-state index in [4.69, 9.17) is 0 Å². The molecule has 1 heterocycles. The lowest BCUT2D eigenvalue weighted by molar-refractivity contribution is 0.509. The molecule has 19 heavy (non-hydrogen) atoms. The molecule has 1 N–H and O–H groups in total. The lowest BCUT2D eigenvalue weighted by atomic mass is 10.1. The number of halogens is 2. The fourth-order valence-electron chi connectivity index (χ4n) is 2.10. The number of hydrogen-bond donors (Lipinski definition) is 1. The van der Waals surface area contributed by atoms with Crippen molar-refractivity contribution in [1.29, 1.82) is 0 Å². The van der Waals surface area contributed by atoms with Gasteiger partial charge in [-0.3, -0.25) is 4.68 Å². The average molecular weight is 263 g/mol. The second-order valence-corrected chi connectivity index (χ2v) is 4.96. The van der Waals surface area contributed by atoms with Gasteiger partial charge in [-0.25, -0.2) is 8.78 Å². The van der Waals surface area contributed by atoms with E-state index in [0.717, 1.165) is 11.6 Å². The largest absolute Gasteiger partial charge is 0.310 e. The third kappa shape index (κ3) is 2.66. The van der Waals surface area contributed by atoms with Crippen LogP contribution in [-0.4, -0.2) is 15.8 Å². The summed E-state index contributed by atoms with van der Waals surface area (Å²) >= 11 is 0. The Morgan fingerprint density at radius 3 is 2.79 bits per heavy atom. The molecule has 2 aromatic rings. The molecule has 1 aliphatic carbocycles. The Morgan fingerprint density at radius 1 is 1.32 bits per heavy atom. The van der Waals surface area contributed by atoms with Crippen LogP contribution in [0.5, 0.6) is 0 Å². The van der Waals surface area contributed by atoms with Gasteiger partial charge in [0, 0.05) is 37.0 Å². The molecule has 0 atom stereocenters. The Morgan fingerprint density at radius 2 is 2.11 bits per heavy atom. The van der Waals surface area contributed by atoms with E-state index in [1.165, 1.54) is 18.9 Å². The van der Waals surface area contributed by atoms with E-state index in [1.807, 2.05) is 13.2 Å². The summed E-state index contributed by atoms with van der Waals surface area (Å²) < 4.78 is 28.0. The van der Waals surface area contributed by atoms with Gasteiger partial charge >= 0.3 is 0 Å². The molecule has 1 aromatic heterocycles. The van der Waals surface area contributed by atoms with Gasteiger partial charge in [0.1, 0.15) is 0 Å². The van der Waals surface area contributed by atoms with Gasteiger partial charge in [0.15, 0.2) is 11.6 Å². The first-order valence-electron chi connectivity index (χ1n) is 6.35. The number of hydrogen-bond acceptors (Lipinski definition) is 2. The zero-order valence-corrected chi connectivity index (χ0v) is 10.7. The van der Waals surface area contributed by atoms with Crippen LogP contribution in [0.2, 0.25) is 0 Å². The quantitative estimate of drug-likeness (QED) is 0.919. The van der Waals surface area contributed by atoms with Gasteiger partial charge in [-0.05, 0) is 31.0 Å². The van der Waals surface area contributed by atoms with Crippen molar-refractivity contribution in [3.63, 3.8) is 0 Å². The maximum absolute atomic E-state index is 13.3. The first kappa shape index (κ1) is 12.3. The number of nitrogens with one attached hydrogen (secondary N) is 1. The second-order valence-electron chi connectivity index (χ2n) is 4.96. The summed E-state index contributed by atoms with van der Waals surface area (Å²) in [5.74, 6) is -1.68. The molecule has 1 saturated carbocycles. The Kier molecular flexibility index (Phi) is 3.06. The van der Waals surface area contributed by atoms with Crippen LogP contribution < -0.4 is 5.32 Å². The summed E-state index contributed by atoms with van der Waals surface area (Å²) in [5.41, 5.74) is 2.31. The molecule has 1 fully saturated rings. The Balaban J connectivity index is 1.91. The summed E-state index contributed by atoms with van der Waals surface area (Å²) in [6.45, 7) is 0.701. The smallest absolute Gasteiger partial charge is 0.159 e. The van der Waals surface area contributed by atoms with E-state index < -0.39 is 11.6 Å². The zero-order valence-electron chi connectivity index (χ0n) is 10.7. The van der Waals surface area contributed by atoms with Crippen LogP contribution in [0.3, 0.4) is 0 Å². The molecule has 0 aliphatic heterocycles. The molecular weight excluding hydrogens is 248 g/mol. The van der Waals surface area contributed by atoms with Crippen LogP contribution in [-0.2, 0) is 13.6 Å². The monoisotopic (exact) mass is 263 g/mol. The third-order valence-electron chi connectivity index (χ3n) is 3.26. The molecule has 0 bridgehead atoms. The number of nitrogens with zero attached hydrogens (tertiary/aromatic N) is 2. The Hall–Kier alpha value is -1.75. The van der Waals surface area contributed by atoms with Crippen LogP contribution in [0, 0.1) is 11.6 Å². The lowest BCUT2D eigenvalue weighted by Gasteiger charge is -2.04. The van der Waals surface area contributed by atoms with Gasteiger partial charge in [0.2, 0.25) is 0 Å². The van der Waals surface area contributed by atoms with Gasteiger partial charge < -0.3 is 5.32 Å². The molecule has 0 spiro atoms. The summed E-state index contributed by atoms with van der Waals surface area (Å²) in [7, 11) is 1.82. The third-order valence-corrected chi connectivity index (χ3v) is 3.26. The van der Waals surface area contributed by atoms with Crippen molar-refractivity contribution in [3.05, 3.63) is 41.6 Å². The van der Waals surface area contributed by atoms with E-state index in [2.05, 4.69) is 10.4 Å². The van der Waals surface area contributed by atoms with Crippen molar-refractivity contribution in [1.82, 2.24) is 15.1 Å². The van der Waals surface area contributed by atoms with E-state index in [1.54, 1.807) is 10.7 Å². The molecular formula is C14H15F2N3. The topological polar surface area (TPSA) is 29.9 Å². The second kappa shape index (κ2) is 4.74. The molecule has 100 valence electrons. The summed E-state index contributed by atoms with van der Waals surface area (Å²) in [5, 5.41) is 7.74. The molecule has 0 saturated heterocycles. The predicted molar refractivity (Wildman–Crippen MR) is 68.4 cm³/mol. The van der Waals surface area contributed by atoms with Crippen molar-refractivity contribution in [3.8, 4) is 11.3 Å². The molecule has 1 aromatic carbocycles. The van der Waals surface area contributed by atoms with Crippen molar-refractivity contribution in [2.45, 2.75) is 25.4 Å². The van der Waals surface area contributed by atoms with Gasteiger partial charge in [-0.2, -0.15) is 5.10 Å². The van der Waals surface area contributed by atoms with E-state index >= 15 is 0 Å². The predicted octanol–water partition coefficient (Wildman–Crippen LogP) is 2.62. The molecule has 0 unspecified atom stereocenters. The van der Waals surface area contributed by atoms with Gasteiger partial charge in [0.25, 0.3) is 0 Å². The van der Waals surface area contributed by atoms with Crippen molar-refractivity contribution in [2.75, 3.05) is 0 Å². The van der Waals surface area contributed by atoms with Crippen molar-refractivity contribution < 1.29 is 8.78 Å². The van der Waals surface area contributed by atoms with Crippen molar-refractivity contribution >= 4 is 0 Å². The first-order valence-corrected chi connectivity index (χ1v) is 6.35. The highest BCUT2D eigenvalue weighted by Crippen LogP contribution is 2.25. The van der Waals surface area contributed by atoms with Gasteiger partial charge in [-0.1, -0.05) is 0 Å². The molecule has 3 rings (SSSR count). The fourth-order valence-corrected chi connectivity index (χ4v) is 2.10. The number of rotatable bonds is 4. The number of benzene rings is 1. The van der Waals surface area contributed by atoms with Crippen LogP contribution in [0.4, 0.5) is 8.78 Å². The molecule has 3 nitrogen and oxygen atoms in total. The van der Waals surface area contributed by atoms with E-state index in [-0.39, 0.29) is 0 Å². The van der Waals surface area contributed by atoms with Crippen LogP contribution in [0.15, 0.2) is 24.4 Å². The lowest BCUT2D eigenvalue weighted by Crippen LogP contribution is -2.15. The standard InChI is InChI=1S/C14H15F2N3/c1-19-8-10(7-17-11-3-4-11)14(18-19)9-2-5-12(15)13(16)6-9/h2,5-6,8,11,17H,3-4,7H2,1H3. The normalized spacial score (nSPS) is 14.9. The summed E-state index contributed by atoms with van der Waals surface area (Å²) in [6, 6.07) is 4.48. The summed E-state index contributed by atoms with van der Waals surface area (Å²) in [6.07, 6.45) is 4.33. The van der Waals surface area contributed by atoms with Crippen molar-refractivity contribution in [2.24, 2.45) is 7.05 Å². The Bertz CT molecular complexity index is 603. The highest BCUT2D eigenvalue weighted by atomic mass is 19.2. The minimum atomic E-state index is -0.843. The maximum atomic E-state index is 13.3. The van der Waals surface area contributed by atoms with Crippen LogP contribution in [0.1, 0.15) is 18.4 Å². The Labute approximate surface area is 110 Å². The fraction of sp³-hybridized carbons (Fsp3) is 0.357. The van der Waals surface area contributed by atoms with Crippen LogP contribution >= 0.6 is 0 Å². The maximum Gasteiger partial charge on any atom is 0.159 e. The zero-order chi connectivity index (χ0) is 13.4. The van der Waals surface area contributed by atoms with E-state index in [9.17, 15) is 8.78 Å². The highest BCUT2D eigenvalue weighted by Gasteiger charge is 2.21. The molecule has 0 radical (unpaired) electrons. The molecule has 5 heteroatoms. The van der Waals surface area contributed by atoms with Gasteiger partial charge in [-0.15, -0.1) is 0 Å². The SMILES string of the molecule is Cn1cc(CNC2CC2)c(-c2ccc(F)c(F)c2)n1. The minimum absolute atomic E-state index is 0.595. The highest BCUT2D eigenvalue weighted by molar-refractivity contribution is 5.62. The molecule has 1 aliphatic rings. The molecule has 0 amide bonds. The first-order chi connectivity index (χ1) is 9.13. The number of aryl methyl sites for hydroxylation is 1. The van der Waals surface area contributed by atoms with Gasteiger partial charge in [0.05, 0.1) is 5.69 Å². The number of aromatic nitrogens is 2.